The molecule has 0 saturated carbocycles. The Kier molecular flexibility index (Phi) is 1.84. The summed E-state index contributed by atoms with van der Waals surface area (Å²) in [6, 6.07) is 8.18. The first-order valence-electron chi connectivity index (χ1n) is 5.09. The molecular formula is C11H13NO2. The van der Waals surface area contributed by atoms with Crippen LogP contribution < -0.4 is 14.8 Å². The largest absolute Gasteiger partial charge is 0.449 e. The van der Waals surface area contributed by atoms with Crippen molar-refractivity contribution in [2.45, 2.75) is 25.2 Å². The Bertz CT molecular complexity index is 309. The van der Waals surface area contributed by atoms with Crippen LogP contribution in [0.4, 0.5) is 0 Å². The van der Waals surface area contributed by atoms with Crippen LogP contribution in [0.5, 0.6) is 11.5 Å². The highest BCUT2D eigenvalue weighted by Gasteiger charge is 2.33. The van der Waals surface area contributed by atoms with Gasteiger partial charge in [0.15, 0.2) is 11.5 Å². The Morgan fingerprint density at radius 2 is 1.86 bits per heavy atom. The molecule has 0 radical (unpaired) electrons. The molecule has 0 spiro atoms. The van der Waals surface area contributed by atoms with Gasteiger partial charge in [-0.05, 0) is 31.5 Å². The zero-order valence-electron chi connectivity index (χ0n) is 7.90. The molecule has 3 heteroatoms. The minimum Gasteiger partial charge on any atom is -0.449 e. The van der Waals surface area contributed by atoms with Crippen molar-refractivity contribution in [2.24, 2.45) is 0 Å². The highest BCUT2D eigenvalue weighted by atomic mass is 16.7. The summed E-state index contributed by atoms with van der Waals surface area (Å²) in [7, 11) is 0. The van der Waals surface area contributed by atoms with Gasteiger partial charge in [0.25, 0.3) is 6.29 Å². The molecule has 0 bridgehead atoms. The summed E-state index contributed by atoms with van der Waals surface area (Å²) in [6.07, 6.45) is 2.22. The fraction of sp³-hybridized carbons (Fsp3) is 0.455. The van der Waals surface area contributed by atoms with Gasteiger partial charge in [0.2, 0.25) is 0 Å². The highest BCUT2D eigenvalue weighted by Crippen LogP contribution is 2.35. The molecule has 0 aromatic heterocycles. The summed E-state index contributed by atoms with van der Waals surface area (Å²) in [5.74, 6) is 1.73. The third-order valence-corrected chi connectivity index (χ3v) is 2.76. The van der Waals surface area contributed by atoms with Gasteiger partial charge in [-0.15, -0.1) is 0 Å². The van der Waals surface area contributed by atoms with E-state index < -0.39 is 0 Å². The first-order valence-corrected chi connectivity index (χ1v) is 5.09. The van der Waals surface area contributed by atoms with Crippen molar-refractivity contribution in [3.05, 3.63) is 24.3 Å². The second-order valence-corrected chi connectivity index (χ2v) is 3.75. The van der Waals surface area contributed by atoms with Crippen LogP contribution >= 0.6 is 0 Å². The van der Waals surface area contributed by atoms with Crippen LogP contribution in [0.15, 0.2) is 24.3 Å². The normalized spacial score (nSPS) is 25.6. The first kappa shape index (κ1) is 8.12. The van der Waals surface area contributed by atoms with Crippen molar-refractivity contribution < 1.29 is 9.47 Å². The van der Waals surface area contributed by atoms with Crippen LogP contribution in [-0.4, -0.2) is 18.9 Å². The van der Waals surface area contributed by atoms with E-state index in [0.717, 1.165) is 24.5 Å². The Morgan fingerprint density at radius 1 is 1.14 bits per heavy atom. The lowest BCUT2D eigenvalue weighted by molar-refractivity contribution is 0.0201. The molecular weight excluding hydrogens is 178 g/mol. The molecule has 1 atom stereocenters. The molecule has 3 rings (SSSR count). The third-order valence-electron chi connectivity index (χ3n) is 2.76. The van der Waals surface area contributed by atoms with Crippen LogP contribution in [0.25, 0.3) is 0 Å². The molecule has 1 N–H and O–H groups in total. The summed E-state index contributed by atoms with van der Waals surface area (Å²) in [4.78, 5) is 0. The maximum atomic E-state index is 5.71. The lowest BCUT2D eigenvalue weighted by Crippen LogP contribution is -2.40. The topological polar surface area (TPSA) is 30.5 Å². The molecule has 1 aromatic carbocycles. The molecule has 0 aliphatic carbocycles. The predicted octanol–water partition coefficient (Wildman–Crippen LogP) is 1.54. The second-order valence-electron chi connectivity index (χ2n) is 3.75. The molecule has 2 aliphatic heterocycles. The highest BCUT2D eigenvalue weighted by molar-refractivity contribution is 5.42. The fourth-order valence-electron chi connectivity index (χ4n) is 2.03. The molecule has 74 valence electrons. The van der Waals surface area contributed by atoms with Crippen molar-refractivity contribution in [2.75, 3.05) is 6.54 Å². The smallest absolute Gasteiger partial charge is 0.256 e. The molecule has 1 aromatic rings. The van der Waals surface area contributed by atoms with Gasteiger partial charge in [0, 0.05) is 0 Å². The Morgan fingerprint density at radius 3 is 2.43 bits per heavy atom. The van der Waals surface area contributed by atoms with Gasteiger partial charge in [-0.2, -0.15) is 0 Å². The van der Waals surface area contributed by atoms with Gasteiger partial charge in [0.1, 0.15) is 0 Å². The SMILES string of the molecule is c1ccc2c(c1)OC(C1CCCN1)O2. The molecule has 0 amide bonds. The molecule has 2 aliphatic rings. The van der Waals surface area contributed by atoms with Crippen LogP contribution in [0.2, 0.25) is 0 Å². The average molecular weight is 191 g/mol. The van der Waals surface area contributed by atoms with E-state index in [9.17, 15) is 0 Å². The van der Waals surface area contributed by atoms with Gasteiger partial charge in [0.05, 0.1) is 6.04 Å². The van der Waals surface area contributed by atoms with Crippen molar-refractivity contribution >= 4 is 0 Å². The number of nitrogens with one attached hydrogen (secondary N) is 1. The minimum absolute atomic E-state index is 0.130. The standard InChI is InChI=1S/C11H13NO2/c1-2-6-10-9(5-1)13-11(14-10)8-4-3-7-12-8/h1-2,5-6,8,11-12H,3-4,7H2. The van der Waals surface area contributed by atoms with Crippen molar-refractivity contribution in [3.63, 3.8) is 0 Å². The van der Waals surface area contributed by atoms with Crippen LogP contribution in [0.1, 0.15) is 12.8 Å². The van der Waals surface area contributed by atoms with E-state index in [0.29, 0.717) is 6.04 Å². The summed E-state index contributed by atoms with van der Waals surface area (Å²) < 4.78 is 11.4. The number of rotatable bonds is 1. The molecule has 1 unspecified atom stereocenters. The first-order chi connectivity index (χ1) is 6.93. The van der Waals surface area contributed by atoms with E-state index in [4.69, 9.17) is 9.47 Å². The van der Waals surface area contributed by atoms with Gasteiger partial charge in [-0.1, -0.05) is 12.1 Å². The maximum Gasteiger partial charge on any atom is 0.256 e. The summed E-state index contributed by atoms with van der Waals surface area (Å²) in [6.45, 7) is 1.07. The van der Waals surface area contributed by atoms with Crippen LogP contribution in [0, 0.1) is 0 Å². The Hall–Kier alpha value is -1.22. The number of hydrogen-bond donors (Lipinski definition) is 1. The van der Waals surface area contributed by atoms with Crippen molar-refractivity contribution in [1.29, 1.82) is 0 Å². The zero-order chi connectivity index (χ0) is 9.38. The van der Waals surface area contributed by atoms with Gasteiger partial charge in [-0.25, -0.2) is 0 Å². The molecule has 1 saturated heterocycles. The molecule has 14 heavy (non-hydrogen) atoms. The van der Waals surface area contributed by atoms with E-state index in [1.807, 2.05) is 24.3 Å². The number of ether oxygens (including phenoxy) is 2. The zero-order valence-corrected chi connectivity index (χ0v) is 7.90. The quantitative estimate of drug-likeness (QED) is 0.730. The van der Waals surface area contributed by atoms with E-state index in [1.165, 1.54) is 6.42 Å². The number of benzene rings is 1. The van der Waals surface area contributed by atoms with Gasteiger partial charge >= 0.3 is 0 Å². The van der Waals surface area contributed by atoms with Gasteiger partial charge in [-0.3, -0.25) is 0 Å². The van der Waals surface area contributed by atoms with Crippen molar-refractivity contribution in [1.82, 2.24) is 5.32 Å². The van der Waals surface area contributed by atoms with E-state index in [1.54, 1.807) is 0 Å². The summed E-state index contributed by atoms with van der Waals surface area (Å²) in [5.41, 5.74) is 0. The van der Waals surface area contributed by atoms with E-state index in [-0.39, 0.29) is 6.29 Å². The predicted molar refractivity (Wildman–Crippen MR) is 52.5 cm³/mol. The number of para-hydroxylation sites is 2. The Labute approximate surface area is 83.0 Å². The fourth-order valence-corrected chi connectivity index (χ4v) is 2.03. The molecule has 1 fully saturated rings. The molecule has 3 nitrogen and oxygen atoms in total. The number of fused-ring (bicyclic) bond motifs is 1. The van der Waals surface area contributed by atoms with Crippen molar-refractivity contribution in [3.8, 4) is 11.5 Å². The third kappa shape index (κ3) is 1.24. The minimum atomic E-state index is -0.130. The average Bonchev–Trinajstić information content (AvgIpc) is 2.86. The van der Waals surface area contributed by atoms with E-state index >= 15 is 0 Å². The monoisotopic (exact) mass is 191 g/mol. The van der Waals surface area contributed by atoms with Gasteiger partial charge < -0.3 is 14.8 Å². The van der Waals surface area contributed by atoms with Crippen LogP contribution in [-0.2, 0) is 0 Å². The molecule has 2 heterocycles. The summed E-state index contributed by atoms with van der Waals surface area (Å²) >= 11 is 0. The second kappa shape index (κ2) is 3.17. The lowest BCUT2D eigenvalue weighted by atomic mass is 10.2. The maximum absolute atomic E-state index is 5.71. The summed E-state index contributed by atoms with van der Waals surface area (Å²) in [5, 5.41) is 3.38. The van der Waals surface area contributed by atoms with E-state index in [2.05, 4.69) is 5.32 Å². The van der Waals surface area contributed by atoms with Crippen LogP contribution in [0.3, 0.4) is 0 Å². The lowest BCUT2D eigenvalue weighted by Gasteiger charge is -2.17. The number of hydrogen-bond acceptors (Lipinski definition) is 3. The Balaban J connectivity index is 1.77.